The van der Waals surface area contributed by atoms with Crippen LogP contribution in [0.5, 0.6) is 0 Å². The van der Waals surface area contributed by atoms with Crippen molar-refractivity contribution in [1.29, 1.82) is 0 Å². The number of hydrogen-bond acceptors (Lipinski definition) is 10. The highest BCUT2D eigenvalue weighted by Crippen LogP contribution is 2.22. The van der Waals surface area contributed by atoms with E-state index in [-0.39, 0.29) is 38.6 Å². The van der Waals surface area contributed by atoms with E-state index in [0.717, 1.165) is 77.0 Å². The van der Waals surface area contributed by atoms with Gasteiger partial charge >= 0.3 is 11.9 Å². The molecule has 1 aliphatic rings. The summed E-state index contributed by atoms with van der Waals surface area (Å²) in [7, 11) is 0. The number of ether oxygens (including phenoxy) is 4. The van der Waals surface area contributed by atoms with Crippen LogP contribution in [0.1, 0.15) is 168 Å². The second-order valence-electron chi connectivity index (χ2n) is 14.8. The third-order valence-corrected chi connectivity index (χ3v) is 9.74. The van der Waals surface area contributed by atoms with Crippen LogP contribution in [-0.4, -0.2) is 83.8 Å². The maximum Gasteiger partial charge on any atom is 0.306 e. The quantitative estimate of drug-likeness (QED) is 0.0278. The lowest BCUT2D eigenvalue weighted by Gasteiger charge is -2.40. The summed E-state index contributed by atoms with van der Waals surface area (Å²) in [5.41, 5.74) is 5.64. The first-order valence-electron chi connectivity index (χ1n) is 21.8. The molecule has 1 saturated heterocycles. The van der Waals surface area contributed by atoms with Crippen molar-refractivity contribution in [2.75, 3.05) is 19.8 Å². The first-order chi connectivity index (χ1) is 26.8. The Morgan fingerprint density at radius 2 is 1.04 bits per heavy atom. The molecule has 0 saturated carbocycles. The number of carbonyl (C=O) groups is 2. The number of carbonyl (C=O) groups excluding carboxylic acids is 2. The van der Waals surface area contributed by atoms with Crippen LogP contribution >= 0.6 is 0 Å². The highest BCUT2D eigenvalue weighted by atomic mass is 16.7. The summed E-state index contributed by atoms with van der Waals surface area (Å²) in [6.45, 7) is 3.90. The van der Waals surface area contributed by atoms with Crippen molar-refractivity contribution in [3.63, 3.8) is 0 Å². The summed E-state index contributed by atoms with van der Waals surface area (Å²) in [5.74, 6) is -0.805. The van der Waals surface area contributed by atoms with Crippen molar-refractivity contribution in [3.8, 4) is 0 Å². The van der Waals surface area contributed by atoms with Gasteiger partial charge in [0.1, 0.15) is 31.0 Å². The van der Waals surface area contributed by atoms with Gasteiger partial charge in [-0.1, -0.05) is 127 Å². The number of rotatable bonds is 35. The lowest BCUT2D eigenvalue weighted by atomic mass is 9.99. The Hall–Kier alpha value is -2.34. The van der Waals surface area contributed by atoms with Crippen molar-refractivity contribution in [1.82, 2.24) is 0 Å². The molecule has 1 aliphatic heterocycles. The van der Waals surface area contributed by atoms with E-state index in [1.165, 1.54) is 51.4 Å². The smallest absolute Gasteiger partial charge is 0.306 e. The molecule has 1 fully saturated rings. The molecule has 0 aliphatic carbocycles. The third kappa shape index (κ3) is 27.8. The van der Waals surface area contributed by atoms with E-state index in [1.54, 1.807) is 0 Å². The zero-order chi connectivity index (χ0) is 40.2. The van der Waals surface area contributed by atoms with Gasteiger partial charge in [0.15, 0.2) is 12.4 Å². The number of unbranched alkanes of at least 4 members (excludes halogenated alkanes) is 16. The van der Waals surface area contributed by atoms with Crippen LogP contribution in [-0.2, 0) is 28.5 Å². The van der Waals surface area contributed by atoms with E-state index < -0.39 is 42.8 Å². The lowest BCUT2D eigenvalue weighted by Crippen LogP contribution is -2.60. The number of nitrogens with two attached hydrogens (primary N) is 1. The first kappa shape index (κ1) is 50.7. The normalized spacial score (nSPS) is 21.0. The molecule has 1 rings (SSSR count). The third-order valence-electron chi connectivity index (χ3n) is 9.74. The molecule has 0 aromatic heterocycles. The minimum absolute atomic E-state index is 0.0947. The Bertz CT molecular complexity index is 1040. The van der Waals surface area contributed by atoms with Crippen molar-refractivity contribution in [2.24, 2.45) is 5.73 Å². The summed E-state index contributed by atoms with van der Waals surface area (Å²) < 4.78 is 22.3. The van der Waals surface area contributed by atoms with Crippen molar-refractivity contribution in [3.05, 3.63) is 48.6 Å². The van der Waals surface area contributed by atoms with Crippen LogP contribution in [0.25, 0.3) is 0 Å². The van der Waals surface area contributed by atoms with E-state index in [9.17, 15) is 24.9 Å². The summed E-state index contributed by atoms with van der Waals surface area (Å²) in [5, 5.41) is 30.7. The topological polar surface area (TPSA) is 158 Å². The highest BCUT2D eigenvalue weighted by Gasteiger charge is 2.44. The molecule has 1 unspecified atom stereocenters. The maximum atomic E-state index is 12.8. The SMILES string of the molecule is CCCCC/C=C\C/C=C\CCCCCCCC(=O)OCC(CO[C@H]1O[C@H](CN)[C@@H](O)[C@H](O)[C@H]1O)OC(=O)CCCCCCC/C=C\C/C=C\CCCCC. The Morgan fingerprint density at radius 1 is 0.582 bits per heavy atom. The molecular weight excluding hydrogens is 698 g/mol. The number of allylic oxidation sites excluding steroid dienone is 8. The second-order valence-corrected chi connectivity index (χ2v) is 14.8. The van der Waals surface area contributed by atoms with Crippen LogP contribution in [0, 0.1) is 0 Å². The predicted octanol–water partition coefficient (Wildman–Crippen LogP) is 8.85. The van der Waals surface area contributed by atoms with Gasteiger partial charge in [-0.2, -0.15) is 0 Å². The maximum absolute atomic E-state index is 12.8. The summed E-state index contributed by atoms with van der Waals surface area (Å²) in [4.78, 5) is 25.3. The van der Waals surface area contributed by atoms with Gasteiger partial charge in [-0.05, 0) is 77.0 Å². The van der Waals surface area contributed by atoms with E-state index in [0.29, 0.717) is 12.8 Å². The Morgan fingerprint density at radius 3 is 1.53 bits per heavy atom. The molecule has 318 valence electrons. The van der Waals surface area contributed by atoms with Crippen molar-refractivity contribution in [2.45, 2.75) is 205 Å². The van der Waals surface area contributed by atoms with Gasteiger partial charge < -0.3 is 40.0 Å². The van der Waals surface area contributed by atoms with Gasteiger partial charge in [-0.15, -0.1) is 0 Å². The molecule has 10 nitrogen and oxygen atoms in total. The van der Waals surface area contributed by atoms with Crippen molar-refractivity contribution >= 4 is 11.9 Å². The molecule has 0 aromatic carbocycles. The summed E-state index contributed by atoms with van der Waals surface area (Å²) in [6.07, 6.45) is 34.8. The van der Waals surface area contributed by atoms with Gasteiger partial charge in [0.05, 0.1) is 6.61 Å². The fourth-order valence-electron chi connectivity index (χ4n) is 6.23. The minimum atomic E-state index is -1.54. The average Bonchev–Trinajstić information content (AvgIpc) is 3.18. The fourth-order valence-corrected chi connectivity index (χ4v) is 6.23. The highest BCUT2D eigenvalue weighted by molar-refractivity contribution is 5.70. The molecule has 0 amide bonds. The number of aliphatic hydroxyl groups is 3. The van der Waals surface area contributed by atoms with Gasteiger partial charge in [0, 0.05) is 19.4 Å². The molecule has 0 radical (unpaired) electrons. The Labute approximate surface area is 334 Å². The number of esters is 2. The lowest BCUT2D eigenvalue weighted by molar-refractivity contribution is -0.299. The molecule has 55 heavy (non-hydrogen) atoms. The van der Waals surface area contributed by atoms with Crippen LogP contribution in [0.2, 0.25) is 0 Å². The standard InChI is InChI=1S/C45H79NO9/c1-3-5-7-9-11-13-15-17-19-21-23-25-27-29-31-33-40(47)52-36-38(37-53-45-44(51)43(50)42(49)39(35-46)55-45)54-41(48)34-32-30-28-26-24-22-20-18-16-14-12-10-8-6-4-2/h11-14,17-20,38-39,42-45,49-51H,3-10,15-16,21-37,46H2,1-2H3/b13-11-,14-12-,19-17-,20-18-/t38?,39-,42-,43+,44-,45+/m1/s1. The van der Waals surface area contributed by atoms with Gasteiger partial charge in [-0.3, -0.25) is 9.59 Å². The van der Waals surface area contributed by atoms with Crippen molar-refractivity contribution < 1.29 is 43.9 Å². The summed E-state index contributed by atoms with van der Waals surface area (Å²) >= 11 is 0. The first-order valence-corrected chi connectivity index (χ1v) is 21.8. The minimum Gasteiger partial charge on any atom is -0.462 e. The van der Waals surface area contributed by atoms with Gasteiger partial charge in [0.25, 0.3) is 0 Å². The van der Waals surface area contributed by atoms with E-state index >= 15 is 0 Å². The van der Waals surface area contributed by atoms with Crippen LogP contribution in [0.15, 0.2) is 48.6 Å². The van der Waals surface area contributed by atoms with E-state index in [1.807, 2.05) is 0 Å². The van der Waals surface area contributed by atoms with E-state index in [2.05, 4.69) is 62.5 Å². The van der Waals surface area contributed by atoms with Crippen LogP contribution in [0.4, 0.5) is 0 Å². The molecule has 0 bridgehead atoms. The molecule has 0 spiro atoms. The van der Waals surface area contributed by atoms with E-state index in [4.69, 9.17) is 24.7 Å². The molecule has 10 heteroatoms. The monoisotopic (exact) mass is 778 g/mol. The van der Waals surface area contributed by atoms with Gasteiger partial charge in [-0.25, -0.2) is 0 Å². The van der Waals surface area contributed by atoms with Gasteiger partial charge in [0.2, 0.25) is 0 Å². The largest absolute Gasteiger partial charge is 0.462 e. The second kappa shape index (κ2) is 36.0. The molecule has 6 atom stereocenters. The Balaban J connectivity index is 2.38. The average molecular weight is 778 g/mol. The zero-order valence-electron chi connectivity index (χ0n) is 34.5. The zero-order valence-corrected chi connectivity index (χ0v) is 34.5. The Kier molecular flexibility index (Phi) is 33.2. The predicted molar refractivity (Wildman–Crippen MR) is 221 cm³/mol. The fraction of sp³-hybridized carbons (Fsp3) is 0.778. The van der Waals surface area contributed by atoms with Crippen LogP contribution in [0.3, 0.4) is 0 Å². The number of aliphatic hydroxyl groups excluding tert-OH is 3. The van der Waals surface area contributed by atoms with Crippen LogP contribution < -0.4 is 5.73 Å². The molecular formula is C45H79NO9. The molecule has 5 N–H and O–H groups in total. The summed E-state index contributed by atoms with van der Waals surface area (Å²) in [6, 6.07) is 0. The number of hydrogen-bond donors (Lipinski definition) is 4. The molecule has 1 heterocycles. The molecule has 0 aromatic rings.